The lowest BCUT2D eigenvalue weighted by Gasteiger charge is -2.15. The molecular weight excluding hydrogens is 182 g/mol. The summed E-state index contributed by atoms with van der Waals surface area (Å²) >= 11 is 0. The Bertz CT molecular complexity index is 285. The Morgan fingerprint density at radius 3 is 2.43 bits per heavy atom. The van der Waals surface area contributed by atoms with Crippen LogP contribution in [-0.2, 0) is 14.4 Å². The molecule has 4 nitrogen and oxygen atoms in total. The van der Waals surface area contributed by atoms with Gasteiger partial charge in [-0.05, 0) is 12.8 Å². The van der Waals surface area contributed by atoms with Crippen molar-refractivity contribution < 1.29 is 14.4 Å². The molecule has 0 radical (unpaired) electrons. The number of nitrogens with one attached hydrogen (secondary N) is 1. The fourth-order valence-electron chi connectivity index (χ4n) is 1.66. The quantitative estimate of drug-likeness (QED) is 0.662. The second-order valence-electron chi connectivity index (χ2n) is 3.82. The molecule has 1 aliphatic heterocycles. The number of ketones is 2. The molecule has 1 rings (SSSR count). The van der Waals surface area contributed by atoms with Crippen LogP contribution in [0.15, 0.2) is 0 Å². The zero-order valence-electron chi connectivity index (χ0n) is 8.66. The largest absolute Gasteiger partial charge is 0.345 e. The van der Waals surface area contributed by atoms with Gasteiger partial charge in [0, 0.05) is 0 Å². The van der Waals surface area contributed by atoms with Gasteiger partial charge in [-0.2, -0.15) is 0 Å². The molecule has 0 bridgehead atoms. The van der Waals surface area contributed by atoms with Gasteiger partial charge in [-0.1, -0.05) is 20.3 Å². The van der Waals surface area contributed by atoms with Crippen molar-refractivity contribution in [2.45, 2.75) is 33.2 Å². The highest BCUT2D eigenvalue weighted by molar-refractivity contribution is 6.23. The molecule has 3 atom stereocenters. The van der Waals surface area contributed by atoms with Crippen LogP contribution in [0.1, 0.15) is 27.2 Å². The van der Waals surface area contributed by atoms with Crippen molar-refractivity contribution >= 4 is 17.5 Å². The maximum absolute atomic E-state index is 11.7. The van der Waals surface area contributed by atoms with Crippen molar-refractivity contribution in [3.05, 3.63) is 0 Å². The van der Waals surface area contributed by atoms with Crippen molar-refractivity contribution in [3.8, 4) is 0 Å². The van der Waals surface area contributed by atoms with Crippen LogP contribution in [0.5, 0.6) is 0 Å². The summed E-state index contributed by atoms with van der Waals surface area (Å²) in [5.41, 5.74) is 0. The number of amides is 1. The summed E-state index contributed by atoms with van der Waals surface area (Å²) in [4.78, 5) is 34.0. The second-order valence-corrected chi connectivity index (χ2v) is 3.82. The summed E-state index contributed by atoms with van der Waals surface area (Å²) in [5, 5.41) is 2.58. The summed E-state index contributed by atoms with van der Waals surface area (Å²) in [7, 11) is 0. The van der Waals surface area contributed by atoms with Crippen LogP contribution in [0.4, 0.5) is 0 Å². The third-order valence-electron chi connectivity index (χ3n) is 2.77. The van der Waals surface area contributed by atoms with Gasteiger partial charge in [0.1, 0.15) is 5.78 Å². The lowest BCUT2D eigenvalue weighted by atomic mass is 9.91. The highest BCUT2D eigenvalue weighted by Gasteiger charge is 2.45. The smallest absolute Gasteiger partial charge is 0.238 e. The summed E-state index contributed by atoms with van der Waals surface area (Å²) in [6.07, 6.45) is 0.807. The van der Waals surface area contributed by atoms with E-state index in [-0.39, 0.29) is 17.5 Å². The van der Waals surface area contributed by atoms with E-state index >= 15 is 0 Å². The number of carbonyl (C=O) groups is 3. The molecule has 0 aliphatic carbocycles. The van der Waals surface area contributed by atoms with Gasteiger partial charge in [-0.3, -0.25) is 14.4 Å². The van der Waals surface area contributed by atoms with E-state index in [1.807, 2.05) is 13.8 Å². The maximum Gasteiger partial charge on any atom is 0.238 e. The van der Waals surface area contributed by atoms with Crippen molar-refractivity contribution in [1.29, 1.82) is 0 Å². The highest BCUT2D eigenvalue weighted by Crippen LogP contribution is 2.20. The van der Waals surface area contributed by atoms with Gasteiger partial charge in [-0.15, -0.1) is 0 Å². The van der Waals surface area contributed by atoms with Crippen LogP contribution in [0.3, 0.4) is 0 Å². The molecule has 1 saturated heterocycles. The zero-order chi connectivity index (χ0) is 10.9. The van der Waals surface area contributed by atoms with Crippen LogP contribution >= 0.6 is 0 Å². The normalized spacial score (nSPS) is 28.8. The first kappa shape index (κ1) is 10.9. The molecule has 14 heavy (non-hydrogen) atoms. The predicted octanol–water partition coefficient (Wildman–Crippen LogP) is 0.305. The van der Waals surface area contributed by atoms with Gasteiger partial charge >= 0.3 is 0 Å². The molecule has 0 aromatic heterocycles. The van der Waals surface area contributed by atoms with E-state index in [0.717, 1.165) is 6.42 Å². The Balaban J connectivity index is 2.84. The molecule has 1 aliphatic rings. The lowest BCUT2D eigenvalue weighted by Crippen LogP contribution is -2.35. The van der Waals surface area contributed by atoms with E-state index in [4.69, 9.17) is 0 Å². The average Bonchev–Trinajstić information content (AvgIpc) is 2.40. The first-order valence-electron chi connectivity index (χ1n) is 4.83. The standard InChI is InChI=1S/C10H15NO3/c1-4-5(2)8-9(13)7(6(3)12)10(14)11-8/h5,7-8H,4H2,1-3H3,(H,11,14). The molecular formula is C10H15NO3. The molecule has 3 unspecified atom stereocenters. The van der Waals surface area contributed by atoms with E-state index in [1.165, 1.54) is 6.92 Å². The third kappa shape index (κ3) is 1.69. The summed E-state index contributed by atoms with van der Waals surface area (Å²) in [5.74, 6) is -2.03. The van der Waals surface area contributed by atoms with Crippen molar-refractivity contribution in [2.24, 2.45) is 11.8 Å². The fraction of sp³-hybridized carbons (Fsp3) is 0.700. The first-order chi connectivity index (χ1) is 6.49. The Morgan fingerprint density at radius 1 is 1.50 bits per heavy atom. The third-order valence-corrected chi connectivity index (χ3v) is 2.77. The van der Waals surface area contributed by atoms with Gasteiger partial charge in [0.25, 0.3) is 0 Å². The number of hydrogen-bond acceptors (Lipinski definition) is 3. The minimum absolute atomic E-state index is 0.0933. The van der Waals surface area contributed by atoms with Crippen LogP contribution in [0.2, 0.25) is 0 Å². The Morgan fingerprint density at radius 2 is 2.07 bits per heavy atom. The number of hydrogen-bond donors (Lipinski definition) is 1. The van der Waals surface area contributed by atoms with E-state index < -0.39 is 17.9 Å². The molecule has 4 heteroatoms. The van der Waals surface area contributed by atoms with E-state index in [2.05, 4.69) is 5.32 Å². The molecule has 1 N–H and O–H groups in total. The van der Waals surface area contributed by atoms with Crippen molar-refractivity contribution in [3.63, 3.8) is 0 Å². The summed E-state index contributed by atoms with van der Waals surface area (Å²) in [6.45, 7) is 5.12. The van der Waals surface area contributed by atoms with Crippen molar-refractivity contribution in [1.82, 2.24) is 5.32 Å². The van der Waals surface area contributed by atoms with Gasteiger partial charge in [0.05, 0.1) is 6.04 Å². The van der Waals surface area contributed by atoms with Crippen LogP contribution in [-0.4, -0.2) is 23.5 Å². The monoisotopic (exact) mass is 197 g/mol. The molecule has 78 valence electrons. The Kier molecular flexibility index (Phi) is 3.03. The number of rotatable bonds is 3. The van der Waals surface area contributed by atoms with Gasteiger partial charge < -0.3 is 5.32 Å². The summed E-state index contributed by atoms with van der Waals surface area (Å²) < 4.78 is 0. The minimum atomic E-state index is -1.06. The summed E-state index contributed by atoms with van der Waals surface area (Å²) in [6, 6.07) is -0.471. The van der Waals surface area contributed by atoms with Gasteiger partial charge in [0.15, 0.2) is 11.7 Å². The number of Topliss-reactive ketones (excluding diaryl/α,β-unsaturated/α-hetero) is 2. The van der Waals surface area contributed by atoms with Gasteiger partial charge in [-0.25, -0.2) is 0 Å². The molecule has 0 aromatic rings. The second kappa shape index (κ2) is 3.90. The van der Waals surface area contributed by atoms with Crippen LogP contribution in [0, 0.1) is 11.8 Å². The molecule has 0 saturated carbocycles. The van der Waals surface area contributed by atoms with Gasteiger partial charge in [0.2, 0.25) is 5.91 Å². The zero-order valence-corrected chi connectivity index (χ0v) is 8.66. The Labute approximate surface area is 83.1 Å². The topological polar surface area (TPSA) is 63.2 Å². The maximum atomic E-state index is 11.7. The highest BCUT2D eigenvalue weighted by atomic mass is 16.2. The first-order valence-corrected chi connectivity index (χ1v) is 4.83. The van der Waals surface area contributed by atoms with Crippen LogP contribution < -0.4 is 5.32 Å². The number of carbonyl (C=O) groups excluding carboxylic acids is 3. The molecule has 1 heterocycles. The SMILES string of the molecule is CCC(C)C1NC(=O)C(C(C)=O)C1=O. The van der Waals surface area contributed by atoms with Crippen LogP contribution in [0.25, 0.3) is 0 Å². The predicted molar refractivity (Wildman–Crippen MR) is 50.6 cm³/mol. The molecule has 1 amide bonds. The Hall–Kier alpha value is -1.19. The minimum Gasteiger partial charge on any atom is -0.345 e. The lowest BCUT2D eigenvalue weighted by molar-refractivity contribution is -0.135. The van der Waals surface area contributed by atoms with Crippen molar-refractivity contribution in [2.75, 3.05) is 0 Å². The molecule has 0 aromatic carbocycles. The molecule has 1 fully saturated rings. The average molecular weight is 197 g/mol. The van der Waals surface area contributed by atoms with E-state index in [0.29, 0.717) is 0 Å². The molecule has 0 spiro atoms. The fourth-order valence-corrected chi connectivity index (χ4v) is 1.66. The van der Waals surface area contributed by atoms with E-state index in [9.17, 15) is 14.4 Å². The van der Waals surface area contributed by atoms with E-state index in [1.54, 1.807) is 0 Å².